The second-order valence-electron chi connectivity index (χ2n) is 16.1. The fourth-order valence-electron chi connectivity index (χ4n) is 8.69. The van der Waals surface area contributed by atoms with Gasteiger partial charge < -0.3 is 9.80 Å². The minimum absolute atomic E-state index is 1.11. The fourth-order valence-corrected chi connectivity index (χ4v) is 8.69. The molecule has 2 nitrogen and oxygen atoms in total. The van der Waals surface area contributed by atoms with Gasteiger partial charge in [0.15, 0.2) is 0 Å². The lowest BCUT2D eigenvalue weighted by Gasteiger charge is -2.27. The van der Waals surface area contributed by atoms with Crippen molar-refractivity contribution in [1.29, 1.82) is 0 Å². The van der Waals surface area contributed by atoms with Crippen molar-refractivity contribution in [3.8, 4) is 22.3 Å². The quantitative estimate of drug-likeness (QED) is 0.142. The van der Waals surface area contributed by atoms with Crippen LogP contribution in [-0.4, -0.2) is 0 Å². The Kier molecular flexibility index (Phi) is 9.47. The molecule has 0 fully saturated rings. The van der Waals surface area contributed by atoms with Crippen LogP contribution in [0.4, 0.5) is 34.1 Å². The van der Waals surface area contributed by atoms with Gasteiger partial charge in [0.2, 0.25) is 0 Å². The minimum atomic E-state index is 1.11. The average molecular weight is 771 g/mol. The lowest BCUT2D eigenvalue weighted by Crippen LogP contribution is -2.10. The van der Waals surface area contributed by atoms with E-state index in [1.165, 1.54) is 76.8 Å². The predicted octanol–water partition coefficient (Wildman–Crippen LogP) is 16.7. The Hall–Kier alpha value is -7.42. The van der Waals surface area contributed by atoms with Crippen molar-refractivity contribution in [3.63, 3.8) is 0 Å². The van der Waals surface area contributed by atoms with Crippen LogP contribution in [0.25, 0.3) is 54.6 Å². The molecule has 0 aliphatic carbocycles. The maximum absolute atomic E-state index is 2.44. The number of rotatable bonds is 8. The van der Waals surface area contributed by atoms with Crippen LogP contribution in [0.2, 0.25) is 0 Å². The molecule has 60 heavy (non-hydrogen) atoms. The van der Waals surface area contributed by atoms with Crippen LogP contribution in [0.15, 0.2) is 206 Å². The zero-order chi connectivity index (χ0) is 40.7. The highest BCUT2D eigenvalue weighted by molar-refractivity contribution is 6.25. The summed E-state index contributed by atoms with van der Waals surface area (Å²) in [7, 11) is 0. The van der Waals surface area contributed by atoms with Crippen LogP contribution in [0.3, 0.4) is 0 Å². The first-order valence-electron chi connectivity index (χ1n) is 20.8. The molecule has 10 rings (SSSR count). The van der Waals surface area contributed by atoms with Crippen molar-refractivity contribution in [2.24, 2.45) is 0 Å². The number of aryl methyl sites for hydroxylation is 4. The van der Waals surface area contributed by atoms with Crippen LogP contribution in [0.1, 0.15) is 22.3 Å². The normalized spacial score (nSPS) is 11.3. The maximum atomic E-state index is 2.44. The largest absolute Gasteiger partial charge is 0.310 e. The molecule has 0 saturated carbocycles. The van der Waals surface area contributed by atoms with Gasteiger partial charge >= 0.3 is 0 Å². The van der Waals surface area contributed by atoms with Crippen LogP contribution in [-0.2, 0) is 0 Å². The zero-order valence-corrected chi connectivity index (χ0v) is 34.5. The number of nitrogens with zero attached hydrogens (tertiary/aromatic N) is 2. The zero-order valence-electron chi connectivity index (χ0n) is 34.5. The molecule has 10 aromatic carbocycles. The Morgan fingerprint density at radius 3 is 0.800 bits per heavy atom. The summed E-state index contributed by atoms with van der Waals surface area (Å²) in [5, 5.41) is 7.32. The van der Waals surface area contributed by atoms with Gasteiger partial charge in [-0.15, -0.1) is 0 Å². The first kappa shape index (κ1) is 36.9. The van der Waals surface area contributed by atoms with E-state index in [-0.39, 0.29) is 0 Å². The molecule has 0 radical (unpaired) electrons. The van der Waals surface area contributed by atoms with Gasteiger partial charge in [0.1, 0.15) is 0 Å². The molecule has 0 amide bonds. The fraction of sp³-hybridized carbons (Fsp3) is 0.0690. The van der Waals surface area contributed by atoms with E-state index in [1.54, 1.807) is 0 Å². The van der Waals surface area contributed by atoms with Crippen LogP contribution < -0.4 is 9.80 Å². The van der Waals surface area contributed by atoms with Gasteiger partial charge in [0, 0.05) is 34.1 Å². The summed E-state index contributed by atoms with van der Waals surface area (Å²) in [6.45, 7) is 8.59. The number of benzene rings is 10. The van der Waals surface area contributed by atoms with E-state index in [1.807, 2.05) is 0 Å². The molecule has 0 aliphatic rings. The lowest BCUT2D eigenvalue weighted by molar-refractivity contribution is 1.27. The number of fused-ring (bicyclic) bond motifs is 5. The standard InChI is InChI=1S/C58H46N2/c1-39-15-23-45(24-16-39)59(46-25-17-40(2)18-26-46)49-31-33-51-53(43-11-7-5-8-12-43)38-58-56-36-50(60(47-27-19-41(3)20-28-47)48-29-21-42(4)22-30-48)32-34-52(56)54(37-57(58)55(51)35-49)44-13-9-6-10-14-44/h5-38H,1-4H3. The third kappa shape index (κ3) is 6.86. The molecule has 0 bridgehead atoms. The molecule has 0 aromatic heterocycles. The van der Waals surface area contributed by atoms with Crippen molar-refractivity contribution in [2.45, 2.75) is 27.7 Å². The third-order valence-corrected chi connectivity index (χ3v) is 11.9. The molecule has 0 spiro atoms. The lowest BCUT2D eigenvalue weighted by atomic mass is 9.87. The highest BCUT2D eigenvalue weighted by Gasteiger charge is 2.20. The van der Waals surface area contributed by atoms with Crippen LogP contribution in [0.5, 0.6) is 0 Å². The first-order chi connectivity index (χ1) is 29.4. The summed E-state index contributed by atoms with van der Waals surface area (Å²) >= 11 is 0. The molecule has 0 atom stereocenters. The van der Waals surface area contributed by atoms with Crippen LogP contribution in [0, 0.1) is 27.7 Å². The summed E-state index contributed by atoms with van der Waals surface area (Å²) < 4.78 is 0. The number of hydrogen-bond acceptors (Lipinski definition) is 2. The van der Waals surface area contributed by atoms with Crippen molar-refractivity contribution in [3.05, 3.63) is 229 Å². The van der Waals surface area contributed by atoms with Crippen LogP contribution >= 0.6 is 0 Å². The summed E-state index contributed by atoms with van der Waals surface area (Å²) in [6, 6.07) is 76.1. The van der Waals surface area contributed by atoms with Gasteiger partial charge in [-0.05, 0) is 167 Å². The number of anilines is 6. The average Bonchev–Trinajstić information content (AvgIpc) is 3.29. The van der Waals surface area contributed by atoms with Crippen molar-refractivity contribution < 1.29 is 0 Å². The molecule has 288 valence electrons. The van der Waals surface area contributed by atoms with Gasteiger partial charge in [0.25, 0.3) is 0 Å². The van der Waals surface area contributed by atoms with Crippen molar-refractivity contribution in [1.82, 2.24) is 0 Å². The second-order valence-corrected chi connectivity index (χ2v) is 16.1. The molecule has 10 aromatic rings. The maximum Gasteiger partial charge on any atom is 0.0468 e. The first-order valence-corrected chi connectivity index (χ1v) is 20.8. The molecule has 0 N–H and O–H groups in total. The Morgan fingerprint density at radius 1 is 0.233 bits per heavy atom. The molecule has 2 heteroatoms. The highest BCUT2D eigenvalue weighted by atomic mass is 15.1. The Morgan fingerprint density at radius 2 is 0.500 bits per heavy atom. The van der Waals surface area contributed by atoms with Crippen molar-refractivity contribution in [2.75, 3.05) is 9.80 Å². The second kappa shape index (κ2) is 15.4. The SMILES string of the molecule is Cc1ccc(N(c2ccc(C)cc2)c2ccc3c(-c4ccccc4)cc4c5cc(N(c6ccc(C)cc6)c6ccc(C)cc6)ccc5c(-c5ccccc5)cc4c3c2)cc1. The van der Waals surface area contributed by atoms with E-state index in [0.717, 1.165) is 34.1 Å². The highest BCUT2D eigenvalue weighted by Crippen LogP contribution is 2.46. The van der Waals surface area contributed by atoms with E-state index >= 15 is 0 Å². The van der Waals surface area contributed by atoms with Gasteiger partial charge in [-0.3, -0.25) is 0 Å². The smallest absolute Gasteiger partial charge is 0.0468 e. The number of hydrogen-bond donors (Lipinski definition) is 0. The van der Waals surface area contributed by atoms with E-state index in [9.17, 15) is 0 Å². The summed E-state index contributed by atoms with van der Waals surface area (Å²) in [4.78, 5) is 4.77. The van der Waals surface area contributed by atoms with E-state index in [4.69, 9.17) is 0 Å². The van der Waals surface area contributed by atoms with Gasteiger partial charge in [0.05, 0.1) is 0 Å². The molecular weight excluding hydrogens is 725 g/mol. The summed E-state index contributed by atoms with van der Waals surface area (Å²) in [5.41, 5.74) is 16.5. The molecule has 0 aliphatic heterocycles. The van der Waals surface area contributed by atoms with E-state index in [2.05, 4.69) is 244 Å². The summed E-state index contributed by atoms with van der Waals surface area (Å²) in [5.74, 6) is 0. The Balaban J connectivity index is 1.30. The monoisotopic (exact) mass is 770 g/mol. The predicted molar refractivity (Wildman–Crippen MR) is 258 cm³/mol. The van der Waals surface area contributed by atoms with Crippen molar-refractivity contribution >= 4 is 66.4 Å². The molecule has 0 unspecified atom stereocenters. The van der Waals surface area contributed by atoms with Gasteiger partial charge in [-0.25, -0.2) is 0 Å². The Bertz CT molecular complexity index is 2820. The Labute approximate surface area is 353 Å². The molecular formula is C58H46N2. The summed E-state index contributed by atoms with van der Waals surface area (Å²) in [6.07, 6.45) is 0. The van der Waals surface area contributed by atoms with E-state index in [0.29, 0.717) is 0 Å². The van der Waals surface area contributed by atoms with Gasteiger partial charge in [-0.1, -0.05) is 144 Å². The van der Waals surface area contributed by atoms with Gasteiger partial charge in [-0.2, -0.15) is 0 Å². The molecule has 0 heterocycles. The minimum Gasteiger partial charge on any atom is -0.310 e. The molecule has 0 saturated heterocycles. The van der Waals surface area contributed by atoms with E-state index < -0.39 is 0 Å². The third-order valence-electron chi connectivity index (χ3n) is 11.9. The topological polar surface area (TPSA) is 6.48 Å².